The fourth-order valence-corrected chi connectivity index (χ4v) is 6.51. The van der Waals surface area contributed by atoms with Crippen LogP contribution < -0.4 is 5.73 Å². The van der Waals surface area contributed by atoms with E-state index in [1.54, 1.807) is 29.4 Å². The third-order valence-electron chi connectivity index (χ3n) is 6.75. The van der Waals surface area contributed by atoms with E-state index in [1.807, 2.05) is 6.92 Å². The van der Waals surface area contributed by atoms with Gasteiger partial charge in [0.25, 0.3) is 0 Å². The van der Waals surface area contributed by atoms with Crippen LogP contribution in [0.3, 0.4) is 0 Å². The molecule has 0 aliphatic heterocycles. The van der Waals surface area contributed by atoms with Gasteiger partial charge in [0.05, 0.1) is 11.8 Å². The zero-order valence-electron chi connectivity index (χ0n) is 16.2. The number of carbonyl (C=O) groups excluding carboxylic acids is 1. The first-order valence-corrected chi connectivity index (χ1v) is 10.3. The molecule has 0 bridgehead atoms. The number of anilines is 1. The van der Waals surface area contributed by atoms with Crippen LogP contribution in [0.4, 0.5) is 5.13 Å². The zero-order valence-corrected chi connectivity index (χ0v) is 17.1. The fraction of sp³-hybridized carbons (Fsp3) is 0.700. The van der Waals surface area contributed by atoms with E-state index in [1.165, 1.54) is 4.88 Å². The number of thiazole rings is 1. The van der Waals surface area contributed by atoms with E-state index in [2.05, 4.69) is 25.4 Å². The van der Waals surface area contributed by atoms with Crippen LogP contribution in [-0.4, -0.2) is 40.6 Å². The first-order chi connectivity index (χ1) is 12.2. The number of nitrogens with two attached hydrogens (primary N) is 1. The van der Waals surface area contributed by atoms with E-state index < -0.39 is 6.10 Å². The molecule has 6 atom stereocenters. The highest BCUT2D eigenvalue weighted by Gasteiger charge is 2.53. The Balaban J connectivity index is 1.86. The van der Waals surface area contributed by atoms with Crippen LogP contribution in [0.2, 0.25) is 0 Å². The van der Waals surface area contributed by atoms with Crippen LogP contribution in [0.15, 0.2) is 12.7 Å². The van der Waals surface area contributed by atoms with Crippen molar-refractivity contribution >= 4 is 22.4 Å². The highest BCUT2D eigenvalue weighted by atomic mass is 32.1. The number of amides is 1. The topological polar surface area (TPSA) is 79.5 Å². The molecule has 144 valence electrons. The standard InChI is InChI=1S/C20H31N3O2S/c1-6-9-23(5)18(25)11(2)13-7-8-20(4)10-14-16(22-19(21)26-14)12(3)15(20)17(13)24/h6,11-13,15,17,24H,1,7-10H2,2-5H3,(H2,21,22)/t11-,12-,13-,15+,17-,20-/m0/s1. The molecule has 1 saturated carbocycles. The molecule has 26 heavy (non-hydrogen) atoms. The van der Waals surface area contributed by atoms with Crippen molar-refractivity contribution in [2.45, 2.75) is 52.1 Å². The number of carbonyl (C=O) groups is 1. The molecule has 2 aliphatic rings. The van der Waals surface area contributed by atoms with Crippen molar-refractivity contribution in [3.63, 3.8) is 0 Å². The van der Waals surface area contributed by atoms with Crippen molar-refractivity contribution in [3.05, 3.63) is 23.2 Å². The van der Waals surface area contributed by atoms with Crippen LogP contribution in [0.1, 0.15) is 50.1 Å². The summed E-state index contributed by atoms with van der Waals surface area (Å²) in [5.41, 5.74) is 7.04. The molecular weight excluding hydrogens is 346 g/mol. The smallest absolute Gasteiger partial charge is 0.225 e. The van der Waals surface area contributed by atoms with Gasteiger partial charge in [-0.1, -0.05) is 26.8 Å². The molecule has 2 aliphatic carbocycles. The summed E-state index contributed by atoms with van der Waals surface area (Å²) in [6.45, 7) is 10.6. The Hall–Kier alpha value is -1.40. The predicted octanol–water partition coefficient (Wildman–Crippen LogP) is 3.06. The van der Waals surface area contributed by atoms with Crippen LogP contribution in [0, 0.1) is 23.2 Å². The Morgan fingerprint density at radius 3 is 2.96 bits per heavy atom. The number of nitrogen functional groups attached to an aromatic ring is 1. The molecular formula is C20H31N3O2S. The number of likely N-dealkylation sites (N-methyl/N-ethyl adjacent to an activating group) is 1. The van der Waals surface area contributed by atoms with Crippen LogP contribution in [0.5, 0.6) is 0 Å². The third-order valence-corrected chi connectivity index (χ3v) is 7.65. The van der Waals surface area contributed by atoms with Crippen LogP contribution in [0.25, 0.3) is 0 Å². The molecule has 3 rings (SSSR count). The normalized spacial score (nSPS) is 34.5. The molecule has 0 spiro atoms. The Kier molecular flexibility index (Phi) is 5.19. The van der Waals surface area contributed by atoms with Gasteiger partial charge < -0.3 is 15.7 Å². The second-order valence-electron chi connectivity index (χ2n) is 8.50. The van der Waals surface area contributed by atoms with Crippen molar-refractivity contribution in [1.29, 1.82) is 0 Å². The molecule has 0 unspecified atom stereocenters. The molecule has 3 N–H and O–H groups in total. The maximum atomic E-state index is 12.7. The van der Waals surface area contributed by atoms with Gasteiger partial charge >= 0.3 is 0 Å². The molecule has 5 nitrogen and oxygen atoms in total. The molecule has 6 heteroatoms. The van der Waals surface area contributed by atoms with E-state index in [0.29, 0.717) is 11.7 Å². The third kappa shape index (κ3) is 3.07. The van der Waals surface area contributed by atoms with Gasteiger partial charge in [-0.2, -0.15) is 0 Å². The number of rotatable bonds is 4. The summed E-state index contributed by atoms with van der Waals surface area (Å²) in [5.74, 6) is 0.125. The van der Waals surface area contributed by atoms with E-state index in [0.717, 1.165) is 25.0 Å². The van der Waals surface area contributed by atoms with Gasteiger partial charge in [0.15, 0.2) is 5.13 Å². The average molecular weight is 378 g/mol. The van der Waals surface area contributed by atoms with E-state index in [9.17, 15) is 9.90 Å². The minimum Gasteiger partial charge on any atom is -0.392 e. The maximum absolute atomic E-state index is 12.7. The molecule has 0 radical (unpaired) electrons. The van der Waals surface area contributed by atoms with Gasteiger partial charge in [0, 0.05) is 30.3 Å². The number of aliphatic hydroxyl groups excluding tert-OH is 1. The maximum Gasteiger partial charge on any atom is 0.225 e. The van der Waals surface area contributed by atoms with E-state index >= 15 is 0 Å². The molecule has 0 aromatic carbocycles. The summed E-state index contributed by atoms with van der Waals surface area (Å²) >= 11 is 1.59. The second-order valence-corrected chi connectivity index (χ2v) is 9.61. The molecule has 1 amide bonds. The Morgan fingerprint density at radius 1 is 1.62 bits per heavy atom. The number of fused-ring (bicyclic) bond motifs is 2. The molecule has 1 aromatic rings. The molecule has 1 aromatic heterocycles. The minimum atomic E-state index is -0.504. The quantitative estimate of drug-likeness (QED) is 0.791. The highest BCUT2D eigenvalue weighted by Crippen LogP contribution is 2.57. The monoisotopic (exact) mass is 377 g/mol. The minimum absolute atomic E-state index is 0.0205. The largest absolute Gasteiger partial charge is 0.392 e. The van der Waals surface area contributed by atoms with Crippen molar-refractivity contribution in [2.24, 2.45) is 23.2 Å². The van der Waals surface area contributed by atoms with Crippen molar-refractivity contribution in [1.82, 2.24) is 9.88 Å². The molecule has 1 fully saturated rings. The Labute approximate surface area is 160 Å². The number of nitrogens with zero attached hydrogens (tertiary/aromatic N) is 2. The lowest BCUT2D eigenvalue weighted by Crippen LogP contribution is -2.53. The SMILES string of the molecule is C=CCN(C)C(=O)[C@@H](C)[C@@H]1CC[C@@]2(C)Cc3sc(N)nc3[C@@H](C)[C@@H]2[C@H]1O. The van der Waals surface area contributed by atoms with Crippen LogP contribution >= 0.6 is 11.3 Å². The summed E-state index contributed by atoms with van der Waals surface area (Å²) in [5, 5.41) is 11.9. The van der Waals surface area contributed by atoms with Gasteiger partial charge in [-0.3, -0.25) is 4.79 Å². The summed E-state index contributed by atoms with van der Waals surface area (Å²) in [6, 6.07) is 0. The number of hydrogen-bond donors (Lipinski definition) is 2. The first-order valence-electron chi connectivity index (χ1n) is 9.48. The summed E-state index contributed by atoms with van der Waals surface area (Å²) in [4.78, 5) is 20.3. The average Bonchev–Trinajstić information content (AvgIpc) is 2.93. The first kappa shape index (κ1) is 19.4. The van der Waals surface area contributed by atoms with E-state index in [-0.39, 0.29) is 35.0 Å². The molecule has 0 saturated heterocycles. The van der Waals surface area contributed by atoms with E-state index in [4.69, 9.17) is 5.73 Å². The summed E-state index contributed by atoms with van der Waals surface area (Å²) in [6.07, 6.45) is 4.05. The van der Waals surface area contributed by atoms with Gasteiger partial charge in [-0.15, -0.1) is 17.9 Å². The summed E-state index contributed by atoms with van der Waals surface area (Å²) < 4.78 is 0. The van der Waals surface area contributed by atoms with Gasteiger partial charge in [-0.05, 0) is 36.5 Å². The second kappa shape index (κ2) is 6.97. The lowest BCUT2D eigenvalue weighted by molar-refractivity contribution is -0.143. The number of aliphatic hydroxyl groups is 1. The van der Waals surface area contributed by atoms with Gasteiger partial charge in [0.2, 0.25) is 5.91 Å². The molecule has 1 heterocycles. The van der Waals surface area contributed by atoms with Gasteiger partial charge in [0.1, 0.15) is 0 Å². The van der Waals surface area contributed by atoms with Crippen molar-refractivity contribution in [2.75, 3.05) is 19.3 Å². The van der Waals surface area contributed by atoms with Crippen molar-refractivity contribution in [3.8, 4) is 0 Å². The van der Waals surface area contributed by atoms with Crippen molar-refractivity contribution < 1.29 is 9.90 Å². The van der Waals surface area contributed by atoms with Gasteiger partial charge in [-0.25, -0.2) is 4.98 Å². The Bertz CT molecular complexity index is 703. The summed E-state index contributed by atoms with van der Waals surface area (Å²) in [7, 11) is 1.80. The fourth-order valence-electron chi connectivity index (χ4n) is 5.38. The van der Waals surface area contributed by atoms with Crippen LogP contribution in [-0.2, 0) is 11.2 Å². The highest BCUT2D eigenvalue weighted by molar-refractivity contribution is 7.15. The zero-order chi connectivity index (χ0) is 19.2. The number of hydrogen-bond acceptors (Lipinski definition) is 5. The Morgan fingerprint density at radius 2 is 2.31 bits per heavy atom. The lowest BCUT2D eigenvalue weighted by Gasteiger charge is -2.53. The predicted molar refractivity (Wildman–Crippen MR) is 106 cm³/mol. The lowest BCUT2D eigenvalue weighted by atomic mass is 9.53. The number of aromatic nitrogens is 1.